The average Bonchev–Trinajstić information content (AvgIpc) is 2.27. The molecule has 0 fully saturated rings. The van der Waals surface area contributed by atoms with Crippen LogP contribution in [0.1, 0.15) is 11.1 Å². The van der Waals surface area contributed by atoms with Crippen LogP contribution in [-0.2, 0) is 6.54 Å². The zero-order chi connectivity index (χ0) is 15.4. The Hall–Kier alpha value is -2.50. The monoisotopic (exact) mass is 290 g/mol. The van der Waals surface area contributed by atoms with Crippen LogP contribution in [0.3, 0.4) is 0 Å². The smallest absolute Gasteiger partial charge is 0.450 e. The van der Waals surface area contributed by atoms with Crippen LogP contribution in [0.15, 0.2) is 18.2 Å². The lowest BCUT2D eigenvalue weighted by Crippen LogP contribution is -1.98. The summed E-state index contributed by atoms with van der Waals surface area (Å²) in [4.78, 5) is 17.1. The molecule has 0 heterocycles. The quantitative estimate of drug-likeness (QED) is 0.524. The molecule has 0 atom stereocenters. The Kier molecular flexibility index (Phi) is 10.6. The molecular weight excluding hydrogens is 280 g/mol. The van der Waals surface area contributed by atoms with E-state index in [9.17, 15) is 0 Å². The first-order valence-electron chi connectivity index (χ1n) is 4.47. The van der Waals surface area contributed by atoms with E-state index in [1.807, 2.05) is 6.07 Å². The summed E-state index contributed by atoms with van der Waals surface area (Å²) in [5.41, 5.74) is 6.77. The lowest BCUT2D eigenvalue weighted by molar-refractivity contribution is 0.135. The number of carboxylic acid groups (broad SMARTS) is 4. The van der Waals surface area contributed by atoms with Gasteiger partial charge in [-0.3, -0.25) is 0 Å². The Morgan fingerprint density at radius 1 is 1.21 bits per heavy atom. The molecule has 1 aromatic carbocycles. The fourth-order valence-electron chi connectivity index (χ4n) is 0.840. The van der Waals surface area contributed by atoms with Gasteiger partial charge < -0.3 is 26.2 Å². The normalized spacial score (nSPS) is 7.84. The Labute approximate surface area is 112 Å². The van der Waals surface area contributed by atoms with Gasteiger partial charge in [0.1, 0.15) is 0 Å². The number of hydrogen-bond acceptors (Lipinski definition) is 4. The lowest BCUT2D eigenvalue weighted by atomic mass is 10.1. The van der Waals surface area contributed by atoms with E-state index < -0.39 is 12.3 Å². The second kappa shape index (κ2) is 10.6. The maximum Gasteiger partial charge on any atom is 0.503 e. The molecule has 0 spiro atoms. The maximum atomic E-state index is 8.59. The summed E-state index contributed by atoms with van der Waals surface area (Å²) in [6.45, 7) is 0.351. The minimum Gasteiger partial charge on any atom is -0.450 e. The molecule has 9 heteroatoms. The maximum absolute atomic E-state index is 8.59. The van der Waals surface area contributed by atoms with E-state index in [-0.39, 0.29) is 0 Å². The van der Waals surface area contributed by atoms with E-state index >= 15 is 0 Å². The van der Waals surface area contributed by atoms with Crippen LogP contribution in [0.2, 0.25) is 5.02 Å². The van der Waals surface area contributed by atoms with Gasteiger partial charge in [-0.1, -0.05) is 11.6 Å². The number of carbonyl (C=O) groups is 2. The predicted molar refractivity (Wildman–Crippen MR) is 65.4 cm³/mol. The highest BCUT2D eigenvalue weighted by atomic mass is 35.5. The molecule has 1 rings (SSSR count). The van der Waals surface area contributed by atoms with Gasteiger partial charge in [-0.2, -0.15) is 5.26 Å². The van der Waals surface area contributed by atoms with Gasteiger partial charge in [0, 0.05) is 11.6 Å². The third kappa shape index (κ3) is 13.4. The molecule has 0 saturated carbocycles. The fraction of sp³-hybridized carbons (Fsp3) is 0.100. The summed E-state index contributed by atoms with van der Waals surface area (Å²) < 4.78 is 0. The molecule has 0 radical (unpaired) electrons. The van der Waals surface area contributed by atoms with Crippen LogP contribution >= 0.6 is 11.6 Å². The number of benzene rings is 1. The summed E-state index contributed by atoms with van der Waals surface area (Å²) in [6.07, 6.45) is -3.67. The molecule has 0 amide bonds. The van der Waals surface area contributed by atoms with Gasteiger partial charge in [0.05, 0.1) is 11.6 Å². The summed E-state index contributed by atoms with van der Waals surface area (Å²) in [7, 11) is 0. The highest BCUT2D eigenvalue weighted by Gasteiger charge is 1.99. The predicted octanol–water partition coefficient (Wildman–Crippen LogP) is 2.12. The van der Waals surface area contributed by atoms with Gasteiger partial charge in [0.15, 0.2) is 0 Å². The molecule has 0 saturated heterocycles. The Morgan fingerprint density at radius 2 is 1.63 bits per heavy atom. The third-order valence-corrected chi connectivity index (χ3v) is 1.64. The van der Waals surface area contributed by atoms with Crippen LogP contribution in [0.5, 0.6) is 0 Å². The van der Waals surface area contributed by atoms with Crippen molar-refractivity contribution in [3.05, 3.63) is 34.3 Å². The lowest BCUT2D eigenvalue weighted by Gasteiger charge is -1.99. The van der Waals surface area contributed by atoms with Crippen LogP contribution in [0, 0.1) is 11.3 Å². The van der Waals surface area contributed by atoms with E-state index in [4.69, 9.17) is 52.6 Å². The van der Waals surface area contributed by atoms with Gasteiger partial charge in [0.2, 0.25) is 0 Å². The first kappa shape index (κ1) is 18.9. The molecule has 19 heavy (non-hydrogen) atoms. The molecule has 0 aliphatic rings. The summed E-state index contributed by atoms with van der Waals surface area (Å²) in [6, 6.07) is 7.09. The van der Waals surface area contributed by atoms with Crippen molar-refractivity contribution in [1.82, 2.24) is 0 Å². The Balaban J connectivity index is 0. The first-order valence-corrected chi connectivity index (χ1v) is 4.84. The van der Waals surface area contributed by atoms with Gasteiger partial charge >= 0.3 is 12.3 Å². The number of halogens is 1. The molecule has 1 aromatic rings. The Bertz CT molecular complexity index is 452. The van der Waals surface area contributed by atoms with Crippen molar-refractivity contribution in [3.63, 3.8) is 0 Å². The number of nitrogens with two attached hydrogens (primary N) is 1. The zero-order valence-corrected chi connectivity index (χ0v) is 10.2. The highest BCUT2D eigenvalue weighted by Crippen LogP contribution is 2.14. The van der Waals surface area contributed by atoms with Gasteiger partial charge in [-0.05, 0) is 23.8 Å². The van der Waals surface area contributed by atoms with E-state index in [1.54, 1.807) is 18.2 Å². The number of hydrogen-bond donors (Lipinski definition) is 5. The van der Waals surface area contributed by atoms with Gasteiger partial charge in [0.25, 0.3) is 0 Å². The molecule has 0 aliphatic carbocycles. The molecule has 104 valence electrons. The van der Waals surface area contributed by atoms with Crippen LogP contribution in [0.25, 0.3) is 0 Å². The first-order chi connectivity index (χ1) is 8.74. The second-order valence-electron chi connectivity index (χ2n) is 2.68. The number of rotatable bonds is 1. The van der Waals surface area contributed by atoms with Crippen molar-refractivity contribution in [2.24, 2.45) is 5.73 Å². The van der Waals surface area contributed by atoms with Crippen LogP contribution < -0.4 is 5.73 Å². The van der Waals surface area contributed by atoms with E-state index in [0.29, 0.717) is 17.1 Å². The van der Waals surface area contributed by atoms with Crippen LogP contribution in [-0.4, -0.2) is 32.7 Å². The molecule has 8 nitrogen and oxygen atoms in total. The highest BCUT2D eigenvalue weighted by molar-refractivity contribution is 6.30. The van der Waals surface area contributed by atoms with Crippen molar-refractivity contribution in [2.75, 3.05) is 0 Å². The van der Waals surface area contributed by atoms with Crippen molar-refractivity contribution in [1.29, 1.82) is 5.26 Å². The molecule has 0 bridgehead atoms. The molecule has 0 aliphatic heterocycles. The van der Waals surface area contributed by atoms with Gasteiger partial charge in [-0.15, -0.1) is 0 Å². The third-order valence-electron chi connectivity index (χ3n) is 1.41. The fourth-order valence-corrected chi connectivity index (χ4v) is 1.03. The van der Waals surface area contributed by atoms with Crippen molar-refractivity contribution >= 4 is 23.9 Å². The molecule has 0 aromatic heterocycles. The Morgan fingerprint density at radius 3 is 1.95 bits per heavy atom. The topological polar surface area (TPSA) is 165 Å². The number of nitrogens with zero attached hydrogens (tertiary/aromatic N) is 1. The molecule has 0 unspecified atom stereocenters. The summed E-state index contributed by atoms with van der Waals surface area (Å²) >= 11 is 5.69. The van der Waals surface area contributed by atoms with Crippen LogP contribution in [0.4, 0.5) is 9.59 Å². The largest absolute Gasteiger partial charge is 0.503 e. The SMILES string of the molecule is N#Cc1ccc(Cl)cc1CN.O=C(O)O.O=C(O)O. The number of nitriles is 1. The van der Waals surface area contributed by atoms with Crippen molar-refractivity contribution in [3.8, 4) is 6.07 Å². The van der Waals surface area contributed by atoms with E-state index in [2.05, 4.69) is 0 Å². The molecular formula is C10H11ClN2O6. The second-order valence-corrected chi connectivity index (χ2v) is 3.12. The van der Waals surface area contributed by atoms with Gasteiger partial charge in [-0.25, -0.2) is 9.59 Å². The van der Waals surface area contributed by atoms with E-state index in [0.717, 1.165) is 5.56 Å². The van der Waals surface area contributed by atoms with Crippen molar-refractivity contribution in [2.45, 2.75) is 6.54 Å². The average molecular weight is 291 g/mol. The molecule has 6 N–H and O–H groups in total. The van der Waals surface area contributed by atoms with E-state index in [1.165, 1.54) is 0 Å². The standard InChI is InChI=1S/C8H7ClN2.2CH2O3/c9-8-2-1-6(4-10)7(3-8)5-11;2*2-1(3)4/h1-3H,5,11H2;2*(H2,2,3,4). The summed E-state index contributed by atoms with van der Waals surface area (Å²) in [5.74, 6) is 0. The minimum atomic E-state index is -1.83. The minimum absolute atomic E-state index is 0.351. The zero-order valence-electron chi connectivity index (χ0n) is 9.45. The summed E-state index contributed by atoms with van der Waals surface area (Å²) in [5, 5.41) is 37.1. The van der Waals surface area contributed by atoms with Crippen molar-refractivity contribution < 1.29 is 30.0 Å².